The molecule has 1 heterocycles. The number of carboxylic acids is 1. The molecule has 114 valence electrons. The van der Waals surface area contributed by atoms with Gasteiger partial charge in [0.2, 0.25) is 5.91 Å². The van der Waals surface area contributed by atoms with Gasteiger partial charge in [0.1, 0.15) is 6.04 Å². The van der Waals surface area contributed by atoms with Crippen LogP contribution in [0.5, 0.6) is 0 Å². The second-order valence-corrected chi connectivity index (χ2v) is 6.23. The highest BCUT2D eigenvalue weighted by Crippen LogP contribution is 2.34. The van der Waals surface area contributed by atoms with E-state index < -0.39 is 17.9 Å². The number of hydrogen-bond acceptors (Lipinski definition) is 3. The summed E-state index contributed by atoms with van der Waals surface area (Å²) in [6.07, 6.45) is 2.62. The van der Waals surface area contributed by atoms with Gasteiger partial charge in [0.25, 0.3) is 0 Å². The van der Waals surface area contributed by atoms with Crippen molar-refractivity contribution in [1.29, 1.82) is 0 Å². The molecular weight excluding hydrogens is 336 g/mol. The van der Waals surface area contributed by atoms with Crippen LogP contribution < -0.4 is 10.6 Å². The van der Waals surface area contributed by atoms with Crippen LogP contribution in [0.2, 0.25) is 0 Å². The quantitative estimate of drug-likeness (QED) is 0.870. The van der Waals surface area contributed by atoms with Gasteiger partial charge in [0.05, 0.1) is 5.69 Å². The first-order valence-electron chi connectivity index (χ1n) is 7.02. The molecule has 1 amide bonds. The van der Waals surface area contributed by atoms with Crippen molar-refractivity contribution in [3.8, 4) is 0 Å². The molecular formula is C15H19BrN2O3. The summed E-state index contributed by atoms with van der Waals surface area (Å²) in [4.78, 5) is 24.6. The van der Waals surface area contributed by atoms with Crippen LogP contribution in [0.4, 0.5) is 5.69 Å². The van der Waals surface area contributed by atoms with Gasteiger partial charge in [-0.15, -0.1) is 0 Å². The van der Waals surface area contributed by atoms with E-state index in [0.29, 0.717) is 28.9 Å². The minimum atomic E-state index is -0.806. The molecule has 0 saturated carbocycles. The maximum atomic E-state index is 11.6. The van der Waals surface area contributed by atoms with Gasteiger partial charge in [-0.3, -0.25) is 4.79 Å². The van der Waals surface area contributed by atoms with Gasteiger partial charge in [0.15, 0.2) is 0 Å². The Balaban J connectivity index is 2.31. The summed E-state index contributed by atoms with van der Waals surface area (Å²) >= 11 is 3.42. The third-order valence-electron chi connectivity index (χ3n) is 4.12. The summed E-state index contributed by atoms with van der Waals surface area (Å²) in [5.74, 6) is -0.855. The van der Waals surface area contributed by atoms with Gasteiger partial charge < -0.3 is 15.7 Å². The van der Waals surface area contributed by atoms with Crippen LogP contribution in [0, 0.1) is 5.92 Å². The molecule has 2 rings (SSSR count). The third kappa shape index (κ3) is 3.37. The van der Waals surface area contributed by atoms with E-state index in [0.717, 1.165) is 18.5 Å². The van der Waals surface area contributed by atoms with E-state index in [4.69, 9.17) is 5.73 Å². The summed E-state index contributed by atoms with van der Waals surface area (Å²) in [6.45, 7) is 2.79. The van der Waals surface area contributed by atoms with Crippen molar-refractivity contribution in [2.75, 3.05) is 11.4 Å². The average molecular weight is 355 g/mol. The normalized spacial score (nSPS) is 22.1. The molecule has 1 aromatic rings. The Labute approximate surface area is 132 Å². The minimum Gasteiger partial charge on any atom is -0.480 e. The predicted molar refractivity (Wildman–Crippen MR) is 84.4 cm³/mol. The van der Waals surface area contributed by atoms with E-state index in [2.05, 4.69) is 22.9 Å². The Kier molecular flexibility index (Phi) is 4.88. The van der Waals surface area contributed by atoms with Crippen LogP contribution in [0.1, 0.15) is 36.5 Å². The van der Waals surface area contributed by atoms with E-state index in [1.807, 2.05) is 4.90 Å². The van der Waals surface area contributed by atoms with Crippen molar-refractivity contribution in [1.82, 2.24) is 0 Å². The first-order chi connectivity index (χ1) is 9.93. The molecule has 1 aliphatic rings. The third-order valence-corrected chi connectivity index (χ3v) is 4.75. The van der Waals surface area contributed by atoms with Gasteiger partial charge in [-0.25, -0.2) is 4.79 Å². The van der Waals surface area contributed by atoms with Crippen LogP contribution in [-0.4, -0.2) is 29.6 Å². The zero-order valence-electron chi connectivity index (χ0n) is 11.9. The number of carbonyl (C=O) groups is 2. The lowest BCUT2D eigenvalue weighted by Gasteiger charge is -2.39. The maximum absolute atomic E-state index is 11.6. The number of aliphatic carboxylic acids is 1. The molecule has 2 unspecified atom stereocenters. The Morgan fingerprint density at radius 1 is 1.48 bits per heavy atom. The van der Waals surface area contributed by atoms with Gasteiger partial charge in [0, 0.05) is 16.6 Å². The van der Waals surface area contributed by atoms with E-state index in [1.165, 1.54) is 0 Å². The molecule has 1 aliphatic heterocycles. The first kappa shape index (κ1) is 15.8. The highest BCUT2D eigenvalue weighted by Gasteiger charge is 2.33. The second kappa shape index (κ2) is 6.47. The standard InChI is InChI=1S/C15H19BrN2O3/c1-2-9-5-6-18(13(7-9)15(20)21)12-4-3-10(14(17)19)8-11(12)16/h3-4,8-9,13H,2,5-7H2,1H3,(H2,17,19)(H,20,21). The Bertz CT molecular complexity index is 562. The smallest absolute Gasteiger partial charge is 0.326 e. The van der Waals surface area contributed by atoms with Gasteiger partial charge in [-0.1, -0.05) is 13.3 Å². The number of primary amides is 1. The van der Waals surface area contributed by atoms with Crippen LogP contribution in [-0.2, 0) is 4.79 Å². The topological polar surface area (TPSA) is 83.6 Å². The highest BCUT2D eigenvalue weighted by molar-refractivity contribution is 9.10. The lowest BCUT2D eigenvalue weighted by atomic mass is 9.88. The summed E-state index contributed by atoms with van der Waals surface area (Å²) in [7, 11) is 0. The monoisotopic (exact) mass is 354 g/mol. The summed E-state index contributed by atoms with van der Waals surface area (Å²) in [5, 5.41) is 9.49. The number of rotatable bonds is 4. The molecule has 1 aromatic carbocycles. The number of benzene rings is 1. The van der Waals surface area contributed by atoms with E-state index in [1.54, 1.807) is 18.2 Å². The summed E-state index contributed by atoms with van der Waals surface area (Å²) in [5.41, 5.74) is 6.45. The number of hydrogen-bond donors (Lipinski definition) is 2. The fourth-order valence-corrected chi connectivity index (χ4v) is 3.43. The van der Waals surface area contributed by atoms with E-state index >= 15 is 0 Å². The lowest BCUT2D eigenvalue weighted by Crippen LogP contribution is -2.47. The summed E-state index contributed by atoms with van der Waals surface area (Å²) in [6, 6.07) is 4.50. The highest BCUT2D eigenvalue weighted by atomic mass is 79.9. The number of nitrogens with two attached hydrogens (primary N) is 1. The second-order valence-electron chi connectivity index (χ2n) is 5.38. The van der Waals surface area contributed by atoms with Gasteiger partial charge in [-0.05, 0) is 52.9 Å². The molecule has 2 atom stereocenters. The van der Waals surface area contributed by atoms with E-state index in [-0.39, 0.29) is 0 Å². The number of carbonyl (C=O) groups excluding carboxylic acids is 1. The molecule has 0 bridgehead atoms. The van der Waals surface area contributed by atoms with E-state index in [9.17, 15) is 14.7 Å². The fraction of sp³-hybridized carbons (Fsp3) is 0.467. The van der Waals surface area contributed by atoms with Crippen LogP contribution in [0.25, 0.3) is 0 Å². The Morgan fingerprint density at radius 2 is 2.19 bits per heavy atom. The van der Waals surface area contributed by atoms with Gasteiger partial charge in [-0.2, -0.15) is 0 Å². The van der Waals surface area contributed by atoms with Crippen molar-refractivity contribution >= 4 is 33.5 Å². The molecule has 1 fully saturated rings. The SMILES string of the molecule is CCC1CCN(c2ccc(C(N)=O)cc2Br)C(C(=O)O)C1. The van der Waals surface area contributed by atoms with Gasteiger partial charge >= 0.3 is 5.97 Å². The molecule has 21 heavy (non-hydrogen) atoms. The number of carboxylic acid groups (broad SMARTS) is 1. The Morgan fingerprint density at radius 3 is 2.71 bits per heavy atom. The zero-order chi connectivity index (χ0) is 15.6. The number of amides is 1. The molecule has 0 aliphatic carbocycles. The van der Waals surface area contributed by atoms with Crippen molar-refractivity contribution in [3.05, 3.63) is 28.2 Å². The molecule has 6 heteroatoms. The Hall–Kier alpha value is -1.56. The van der Waals surface area contributed by atoms with Crippen LogP contribution >= 0.6 is 15.9 Å². The van der Waals surface area contributed by atoms with Crippen molar-refractivity contribution in [2.24, 2.45) is 11.7 Å². The lowest BCUT2D eigenvalue weighted by molar-refractivity contribution is -0.139. The van der Waals surface area contributed by atoms with Crippen molar-refractivity contribution < 1.29 is 14.7 Å². The molecule has 0 radical (unpaired) electrons. The summed E-state index contributed by atoms with van der Waals surface area (Å²) < 4.78 is 0.694. The minimum absolute atomic E-state index is 0.404. The molecule has 0 spiro atoms. The number of piperidine rings is 1. The number of anilines is 1. The van der Waals surface area contributed by atoms with Crippen LogP contribution in [0.3, 0.4) is 0 Å². The first-order valence-corrected chi connectivity index (χ1v) is 7.82. The van der Waals surface area contributed by atoms with Crippen molar-refractivity contribution in [2.45, 2.75) is 32.2 Å². The number of halogens is 1. The predicted octanol–water partition coefficient (Wildman–Crippen LogP) is 2.63. The molecule has 3 N–H and O–H groups in total. The molecule has 5 nitrogen and oxygen atoms in total. The zero-order valence-corrected chi connectivity index (χ0v) is 13.5. The average Bonchev–Trinajstić information content (AvgIpc) is 2.46. The molecule has 1 saturated heterocycles. The maximum Gasteiger partial charge on any atom is 0.326 e. The molecule has 0 aromatic heterocycles. The van der Waals surface area contributed by atoms with Crippen molar-refractivity contribution in [3.63, 3.8) is 0 Å². The largest absolute Gasteiger partial charge is 0.480 e. The number of nitrogens with zero attached hydrogens (tertiary/aromatic N) is 1. The fourth-order valence-electron chi connectivity index (χ4n) is 2.82. The van der Waals surface area contributed by atoms with Crippen LogP contribution in [0.15, 0.2) is 22.7 Å².